The highest BCUT2D eigenvalue weighted by atomic mass is 16.5. The Bertz CT molecular complexity index is 690. The summed E-state index contributed by atoms with van der Waals surface area (Å²) < 4.78 is 5.33. The fraction of sp³-hybridized carbons (Fsp3) is 0.667. The summed E-state index contributed by atoms with van der Waals surface area (Å²) in [4.78, 5) is 19.0. The molecule has 0 bridgehead atoms. The minimum absolute atomic E-state index is 0.157. The van der Waals surface area contributed by atoms with E-state index in [4.69, 9.17) is 4.74 Å². The number of likely N-dealkylation sites (tertiary alicyclic amines) is 1. The maximum Gasteiger partial charge on any atom is 0.253 e. The van der Waals surface area contributed by atoms with E-state index in [1.165, 1.54) is 32.1 Å². The summed E-state index contributed by atoms with van der Waals surface area (Å²) in [5.41, 5.74) is 2.25. The second-order valence-corrected chi connectivity index (χ2v) is 8.78. The number of rotatable bonds is 8. The summed E-state index contributed by atoms with van der Waals surface area (Å²) in [5, 5.41) is 6.93. The van der Waals surface area contributed by atoms with Crippen molar-refractivity contribution in [2.45, 2.75) is 57.9 Å². The van der Waals surface area contributed by atoms with Crippen molar-refractivity contribution in [3.8, 4) is 0 Å². The molecule has 0 atom stereocenters. The minimum atomic E-state index is 0.157. The molecule has 2 fully saturated rings. The van der Waals surface area contributed by atoms with Crippen molar-refractivity contribution in [3.05, 3.63) is 35.4 Å². The first-order valence-corrected chi connectivity index (χ1v) is 11.5. The van der Waals surface area contributed by atoms with Gasteiger partial charge in [-0.3, -0.25) is 9.79 Å². The van der Waals surface area contributed by atoms with E-state index in [1.54, 1.807) is 7.11 Å². The van der Waals surface area contributed by atoms with Crippen molar-refractivity contribution < 1.29 is 9.53 Å². The SMILES string of the molecule is CN=C(NCc1ccc(C(=O)N2CCCCC2)cc1)NCC1(CCOC)CCCC1. The van der Waals surface area contributed by atoms with Crippen molar-refractivity contribution in [1.82, 2.24) is 15.5 Å². The second kappa shape index (κ2) is 11.3. The summed E-state index contributed by atoms with van der Waals surface area (Å²) in [5.74, 6) is 0.983. The molecule has 3 rings (SSSR count). The molecular formula is C24H38N4O2. The zero-order valence-electron chi connectivity index (χ0n) is 18.7. The fourth-order valence-electron chi connectivity index (χ4n) is 4.68. The third-order valence-electron chi connectivity index (χ3n) is 6.66. The van der Waals surface area contributed by atoms with E-state index in [0.717, 1.165) is 62.6 Å². The number of guanidine groups is 1. The molecule has 2 aliphatic rings. The number of carbonyl (C=O) groups is 1. The van der Waals surface area contributed by atoms with Crippen molar-refractivity contribution in [1.29, 1.82) is 0 Å². The Morgan fingerprint density at radius 3 is 2.40 bits per heavy atom. The zero-order valence-corrected chi connectivity index (χ0v) is 18.7. The predicted molar refractivity (Wildman–Crippen MR) is 122 cm³/mol. The topological polar surface area (TPSA) is 66.0 Å². The normalized spacial score (nSPS) is 19.0. The van der Waals surface area contributed by atoms with Gasteiger partial charge in [-0.15, -0.1) is 0 Å². The Labute approximate surface area is 181 Å². The van der Waals surface area contributed by atoms with E-state index in [9.17, 15) is 4.79 Å². The van der Waals surface area contributed by atoms with Crippen LogP contribution < -0.4 is 10.6 Å². The Morgan fingerprint density at radius 1 is 1.07 bits per heavy atom. The lowest BCUT2D eigenvalue weighted by Crippen LogP contribution is -2.43. The second-order valence-electron chi connectivity index (χ2n) is 8.78. The molecule has 166 valence electrons. The average Bonchev–Trinajstić information content (AvgIpc) is 3.27. The van der Waals surface area contributed by atoms with Gasteiger partial charge < -0.3 is 20.3 Å². The number of piperidine rings is 1. The summed E-state index contributed by atoms with van der Waals surface area (Å²) >= 11 is 0. The first-order chi connectivity index (χ1) is 14.7. The first kappa shape index (κ1) is 22.6. The van der Waals surface area contributed by atoms with Crippen molar-refractivity contribution in [2.24, 2.45) is 10.4 Å². The lowest BCUT2D eigenvalue weighted by Gasteiger charge is -2.30. The zero-order chi connectivity index (χ0) is 21.2. The number of amides is 1. The molecule has 0 aromatic heterocycles. The molecule has 1 amide bonds. The highest BCUT2D eigenvalue weighted by Crippen LogP contribution is 2.40. The Kier molecular flexibility index (Phi) is 8.55. The average molecular weight is 415 g/mol. The van der Waals surface area contributed by atoms with Gasteiger partial charge in [0.05, 0.1) is 0 Å². The van der Waals surface area contributed by atoms with Crippen molar-refractivity contribution in [3.63, 3.8) is 0 Å². The van der Waals surface area contributed by atoms with Crippen LogP contribution in [0.25, 0.3) is 0 Å². The summed E-state index contributed by atoms with van der Waals surface area (Å²) in [6, 6.07) is 7.97. The third kappa shape index (κ3) is 6.21. The van der Waals surface area contributed by atoms with Crippen LogP contribution in [-0.2, 0) is 11.3 Å². The van der Waals surface area contributed by atoms with Gasteiger partial charge in [0.2, 0.25) is 0 Å². The number of methoxy groups -OCH3 is 1. The molecule has 1 saturated heterocycles. The first-order valence-electron chi connectivity index (χ1n) is 11.5. The number of hydrogen-bond donors (Lipinski definition) is 2. The van der Waals surface area contributed by atoms with Crippen LogP contribution >= 0.6 is 0 Å². The Balaban J connectivity index is 1.48. The van der Waals surface area contributed by atoms with Crippen LogP contribution in [0.4, 0.5) is 0 Å². The molecule has 0 radical (unpaired) electrons. The molecule has 2 N–H and O–H groups in total. The van der Waals surface area contributed by atoms with Gasteiger partial charge in [-0.1, -0.05) is 25.0 Å². The lowest BCUT2D eigenvalue weighted by atomic mass is 9.83. The van der Waals surface area contributed by atoms with Crippen molar-refractivity contribution >= 4 is 11.9 Å². The number of benzene rings is 1. The number of aliphatic imine (C=N–C) groups is 1. The molecule has 0 unspecified atom stereocenters. The Morgan fingerprint density at radius 2 is 1.77 bits per heavy atom. The summed E-state index contributed by atoms with van der Waals surface area (Å²) in [7, 11) is 3.59. The molecule has 1 aliphatic heterocycles. The van der Waals surface area contributed by atoms with Crippen LogP contribution in [0.15, 0.2) is 29.3 Å². The maximum atomic E-state index is 12.6. The standard InChI is InChI=1S/C24H38N4O2/c1-25-23(27-19-24(14-17-30-2)12-4-5-13-24)26-18-20-8-10-21(11-9-20)22(29)28-15-6-3-7-16-28/h8-11H,3-7,12-19H2,1-2H3,(H2,25,26,27). The lowest BCUT2D eigenvalue weighted by molar-refractivity contribution is 0.0724. The van der Waals surface area contributed by atoms with Gasteiger partial charge in [0.1, 0.15) is 0 Å². The number of hydrogen-bond acceptors (Lipinski definition) is 3. The maximum absolute atomic E-state index is 12.6. The van der Waals surface area contributed by atoms with E-state index in [-0.39, 0.29) is 5.91 Å². The van der Waals surface area contributed by atoms with Gasteiger partial charge in [-0.2, -0.15) is 0 Å². The number of nitrogens with zero attached hydrogens (tertiary/aromatic N) is 2. The molecule has 1 aromatic rings. The van der Waals surface area contributed by atoms with E-state index < -0.39 is 0 Å². The quantitative estimate of drug-likeness (QED) is 0.504. The third-order valence-corrected chi connectivity index (χ3v) is 6.66. The molecule has 6 heteroatoms. The highest BCUT2D eigenvalue weighted by molar-refractivity contribution is 5.94. The van der Waals surface area contributed by atoms with E-state index in [0.29, 0.717) is 12.0 Å². The summed E-state index contributed by atoms with van der Waals surface area (Å²) in [6.45, 7) is 4.20. The molecule has 1 saturated carbocycles. The van der Waals surface area contributed by atoms with Crippen LogP contribution in [0, 0.1) is 5.41 Å². The van der Waals surface area contributed by atoms with Gasteiger partial charge >= 0.3 is 0 Å². The number of ether oxygens (including phenoxy) is 1. The Hall–Kier alpha value is -2.08. The van der Waals surface area contributed by atoms with Gasteiger partial charge in [-0.25, -0.2) is 0 Å². The van der Waals surface area contributed by atoms with Gasteiger partial charge in [0, 0.05) is 52.5 Å². The van der Waals surface area contributed by atoms with Crippen LogP contribution in [0.2, 0.25) is 0 Å². The molecular weight excluding hydrogens is 376 g/mol. The van der Waals surface area contributed by atoms with Crippen molar-refractivity contribution in [2.75, 3.05) is 40.4 Å². The van der Waals surface area contributed by atoms with Crippen LogP contribution in [0.3, 0.4) is 0 Å². The molecule has 0 spiro atoms. The largest absolute Gasteiger partial charge is 0.385 e. The van der Waals surface area contributed by atoms with E-state index in [2.05, 4.69) is 15.6 Å². The number of nitrogens with one attached hydrogen (secondary N) is 2. The monoisotopic (exact) mass is 414 g/mol. The minimum Gasteiger partial charge on any atom is -0.385 e. The molecule has 1 aliphatic carbocycles. The highest BCUT2D eigenvalue weighted by Gasteiger charge is 2.33. The smallest absolute Gasteiger partial charge is 0.253 e. The van der Waals surface area contributed by atoms with Crippen LogP contribution in [0.1, 0.15) is 67.3 Å². The number of carbonyl (C=O) groups excluding carboxylic acids is 1. The van der Waals surface area contributed by atoms with Gasteiger partial charge in [0.15, 0.2) is 5.96 Å². The fourth-order valence-corrected chi connectivity index (χ4v) is 4.68. The molecule has 1 aromatic carbocycles. The molecule has 6 nitrogen and oxygen atoms in total. The van der Waals surface area contributed by atoms with Crippen LogP contribution in [-0.4, -0.2) is 57.2 Å². The van der Waals surface area contributed by atoms with E-state index in [1.807, 2.05) is 36.2 Å². The molecule has 30 heavy (non-hydrogen) atoms. The predicted octanol–water partition coefficient (Wildman–Crippen LogP) is 3.57. The van der Waals surface area contributed by atoms with Gasteiger partial charge in [-0.05, 0) is 61.6 Å². The van der Waals surface area contributed by atoms with Gasteiger partial charge in [0.25, 0.3) is 5.91 Å². The van der Waals surface area contributed by atoms with E-state index >= 15 is 0 Å². The summed E-state index contributed by atoms with van der Waals surface area (Å²) in [6.07, 6.45) is 9.69. The van der Waals surface area contributed by atoms with Crippen LogP contribution in [0.5, 0.6) is 0 Å². The molecule has 1 heterocycles.